The Hall–Kier alpha value is -7.60. The molecular formula is C36H74N24O7. The number of carbonyl (C=O) groups is 6. The maximum atomic E-state index is 14.2. The van der Waals surface area contributed by atoms with E-state index in [1.54, 1.807) is 0 Å². The van der Waals surface area contributed by atoms with Gasteiger partial charge in [-0.05, 0) is 77.0 Å². The summed E-state index contributed by atoms with van der Waals surface area (Å²) in [5.74, 6) is -6.65. The lowest BCUT2D eigenvalue weighted by atomic mass is 10.0. The van der Waals surface area contributed by atoms with Crippen molar-refractivity contribution in [3.63, 3.8) is 0 Å². The van der Waals surface area contributed by atoms with Gasteiger partial charge in [0.15, 0.2) is 35.8 Å². The number of aliphatic imine (C=N–C) groups is 6. The Morgan fingerprint density at radius 2 is 0.522 bits per heavy atom. The van der Waals surface area contributed by atoms with Crippen molar-refractivity contribution in [1.82, 2.24) is 26.6 Å². The summed E-state index contributed by atoms with van der Waals surface area (Å²) in [4.78, 5) is 105. The van der Waals surface area contributed by atoms with Crippen molar-refractivity contribution in [2.24, 2.45) is 104 Å². The number of carboxylic acids is 1. The van der Waals surface area contributed by atoms with E-state index in [0.29, 0.717) is 6.42 Å². The summed E-state index contributed by atoms with van der Waals surface area (Å²) in [6, 6.07) is -7.85. The van der Waals surface area contributed by atoms with Crippen LogP contribution < -0.4 is 101 Å². The van der Waals surface area contributed by atoms with Gasteiger partial charge in [0, 0.05) is 39.3 Å². The van der Waals surface area contributed by atoms with Crippen molar-refractivity contribution >= 4 is 71.3 Å². The molecule has 0 bridgehead atoms. The number of nitrogens with two attached hydrogens (primary N) is 13. The van der Waals surface area contributed by atoms with Gasteiger partial charge in [0.1, 0.15) is 30.2 Å². The van der Waals surface area contributed by atoms with E-state index in [1.807, 2.05) is 0 Å². The van der Waals surface area contributed by atoms with Crippen LogP contribution in [0, 0.1) is 0 Å². The summed E-state index contributed by atoms with van der Waals surface area (Å²) < 4.78 is 0. The van der Waals surface area contributed by atoms with Crippen LogP contribution in [0.15, 0.2) is 30.0 Å². The second-order valence-electron chi connectivity index (χ2n) is 14.9. The van der Waals surface area contributed by atoms with E-state index in [4.69, 9.17) is 74.5 Å². The molecule has 0 rings (SSSR count). The number of nitrogens with zero attached hydrogens (tertiary/aromatic N) is 6. The predicted octanol–water partition coefficient (Wildman–Crippen LogP) is -8.86. The standard InChI is InChI=1S/C36H74N24O7/c37-19(7-1-13-50-31(38)39)25(61)56-20(8-2-14-51-32(40)41)26(62)57-21(9-3-15-52-33(42)43)27(63)58-22(10-4-16-53-34(44)45)28(64)59-23(11-5-17-54-35(46)47)29(65)60-24(30(66)67)12-6-18-55-36(48)49/h19-24H,1-18,37H2,(H,56,61)(H,57,62)(H,58,63)(H,59,64)(H,60,65)(H,66,67)(H4,38,39,50)(H4,40,41,51)(H4,42,43,52)(H4,44,45,53)(H4,46,47,54)(H4,48,49,55)/t19-,20-,21-,22-,23-,24-/m0/s1. The molecule has 0 aliphatic heterocycles. The van der Waals surface area contributed by atoms with Crippen LogP contribution in [0.2, 0.25) is 0 Å². The number of carboxylic acid groups (broad SMARTS) is 1. The Balaban J connectivity index is 6.78. The Morgan fingerprint density at radius 1 is 0.328 bits per heavy atom. The molecule has 0 aliphatic rings. The van der Waals surface area contributed by atoms with E-state index in [9.17, 15) is 33.9 Å². The minimum atomic E-state index is -1.40. The Labute approximate surface area is 388 Å². The van der Waals surface area contributed by atoms with Crippen LogP contribution >= 0.6 is 0 Å². The fourth-order valence-corrected chi connectivity index (χ4v) is 5.87. The number of hydrogen-bond acceptors (Lipinski definition) is 13. The van der Waals surface area contributed by atoms with Crippen molar-refractivity contribution in [1.29, 1.82) is 0 Å². The first-order chi connectivity index (χ1) is 31.5. The zero-order chi connectivity index (χ0) is 50.9. The molecular weight excluding hydrogens is 881 g/mol. The number of nitrogens with one attached hydrogen (secondary N) is 5. The minimum absolute atomic E-state index is 0.00111. The molecule has 32 N–H and O–H groups in total. The highest BCUT2D eigenvalue weighted by atomic mass is 16.4. The monoisotopic (exact) mass is 955 g/mol. The first-order valence-electron chi connectivity index (χ1n) is 21.4. The van der Waals surface area contributed by atoms with Crippen molar-refractivity contribution in [3.8, 4) is 0 Å². The number of aliphatic carboxylic acids is 1. The SMILES string of the molecule is NC(N)=NCCC[C@H](NC(=O)[C@H](CCCN=C(N)N)NC(=O)[C@H](CCCN=C(N)N)NC(=O)[C@H](CCCN=C(N)N)NC(=O)[C@H](CCCN=C(N)N)NC(=O)[C@@H](N)CCCN=C(N)N)C(=O)O. The fraction of sp³-hybridized carbons (Fsp3) is 0.667. The van der Waals surface area contributed by atoms with Crippen molar-refractivity contribution in [3.05, 3.63) is 0 Å². The zero-order valence-corrected chi connectivity index (χ0v) is 37.8. The first-order valence-corrected chi connectivity index (χ1v) is 21.4. The molecule has 0 aromatic rings. The number of guanidine groups is 6. The summed E-state index contributed by atoms with van der Waals surface area (Å²) in [7, 11) is 0. The highest BCUT2D eigenvalue weighted by molar-refractivity contribution is 5.96. The van der Waals surface area contributed by atoms with Gasteiger partial charge in [0.05, 0.1) is 6.04 Å². The van der Waals surface area contributed by atoms with Crippen molar-refractivity contribution in [2.45, 2.75) is 113 Å². The summed E-state index contributed by atoms with van der Waals surface area (Å²) >= 11 is 0. The van der Waals surface area contributed by atoms with E-state index in [1.165, 1.54) is 0 Å². The molecule has 67 heavy (non-hydrogen) atoms. The van der Waals surface area contributed by atoms with Gasteiger partial charge in [-0.25, -0.2) is 4.79 Å². The van der Waals surface area contributed by atoms with Gasteiger partial charge in [-0.15, -0.1) is 0 Å². The molecule has 0 fully saturated rings. The lowest BCUT2D eigenvalue weighted by Crippen LogP contribution is -2.59. The molecule has 0 aliphatic carbocycles. The number of amides is 5. The molecule has 0 aromatic carbocycles. The molecule has 5 amide bonds. The van der Waals surface area contributed by atoms with Gasteiger partial charge in [-0.1, -0.05) is 0 Å². The summed E-state index contributed by atoms with van der Waals surface area (Å²) in [6.45, 7) is 0.500. The van der Waals surface area contributed by atoms with Crippen LogP contribution in [0.3, 0.4) is 0 Å². The largest absolute Gasteiger partial charge is 0.480 e. The molecule has 31 heteroatoms. The van der Waals surface area contributed by atoms with Crippen LogP contribution in [0.5, 0.6) is 0 Å². The van der Waals surface area contributed by atoms with E-state index in [2.05, 4.69) is 56.5 Å². The molecule has 0 radical (unpaired) electrons. The van der Waals surface area contributed by atoms with Crippen molar-refractivity contribution < 1.29 is 33.9 Å². The molecule has 31 nitrogen and oxygen atoms in total. The highest BCUT2D eigenvalue weighted by Gasteiger charge is 2.32. The average Bonchev–Trinajstić information content (AvgIpc) is 3.23. The van der Waals surface area contributed by atoms with Gasteiger partial charge in [-0.2, -0.15) is 0 Å². The number of rotatable bonds is 35. The Kier molecular flexibility index (Phi) is 30.0. The molecule has 0 saturated heterocycles. The molecule has 0 saturated carbocycles. The lowest BCUT2D eigenvalue weighted by Gasteiger charge is -2.27. The van der Waals surface area contributed by atoms with Gasteiger partial charge < -0.3 is 106 Å². The van der Waals surface area contributed by atoms with E-state index >= 15 is 0 Å². The average molecular weight is 955 g/mol. The molecule has 0 heterocycles. The third kappa shape index (κ3) is 30.2. The molecule has 0 unspecified atom stereocenters. The second kappa shape index (κ2) is 33.8. The van der Waals surface area contributed by atoms with Crippen molar-refractivity contribution in [2.75, 3.05) is 39.3 Å². The zero-order valence-electron chi connectivity index (χ0n) is 37.8. The van der Waals surface area contributed by atoms with E-state index in [-0.39, 0.29) is 146 Å². The number of carbonyl (C=O) groups excluding carboxylic acids is 5. The van der Waals surface area contributed by atoms with Gasteiger partial charge in [-0.3, -0.25) is 53.9 Å². The maximum absolute atomic E-state index is 14.2. The number of hydrogen-bond donors (Lipinski definition) is 19. The molecule has 6 atom stereocenters. The summed E-state index contributed by atoms with van der Waals surface area (Å²) in [5.41, 5.74) is 71.2. The van der Waals surface area contributed by atoms with E-state index in [0.717, 1.165) is 0 Å². The topological polar surface area (TPSA) is 595 Å². The van der Waals surface area contributed by atoms with Crippen LogP contribution in [0.25, 0.3) is 0 Å². The summed E-state index contributed by atoms with van der Waals surface area (Å²) in [5, 5.41) is 22.8. The van der Waals surface area contributed by atoms with Gasteiger partial charge >= 0.3 is 5.97 Å². The first kappa shape index (κ1) is 59.4. The molecule has 0 aromatic heterocycles. The maximum Gasteiger partial charge on any atom is 0.326 e. The van der Waals surface area contributed by atoms with Crippen LogP contribution in [-0.2, 0) is 28.8 Å². The minimum Gasteiger partial charge on any atom is -0.480 e. The molecule has 380 valence electrons. The quantitative estimate of drug-likeness (QED) is 0.0159. The second-order valence-corrected chi connectivity index (χ2v) is 14.9. The fourth-order valence-electron chi connectivity index (χ4n) is 5.87. The van der Waals surface area contributed by atoms with E-state index < -0.39 is 71.8 Å². The lowest BCUT2D eigenvalue weighted by molar-refractivity contribution is -0.142. The normalized spacial score (nSPS) is 13.2. The van der Waals surface area contributed by atoms with Crippen LogP contribution in [0.4, 0.5) is 0 Å². The predicted molar refractivity (Wildman–Crippen MR) is 255 cm³/mol. The molecule has 0 spiro atoms. The summed E-state index contributed by atoms with van der Waals surface area (Å²) in [6.07, 6.45) is 1.00. The van der Waals surface area contributed by atoms with Gasteiger partial charge in [0.25, 0.3) is 0 Å². The highest BCUT2D eigenvalue weighted by Crippen LogP contribution is 2.09. The van der Waals surface area contributed by atoms with Crippen LogP contribution in [-0.4, -0.2) is 152 Å². The van der Waals surface area contributed by atoms with Crippen LogP contribution in [0.1, 0.15) is 77.0 Å². The third-order valence-electron chi connectivity index (χ3n) is 9.18. The Morgan fingerprint density at radius 3 is 0.746 bits per heavy atom. The smallest absolute Gasteiger partial charge is 0.326 e. The third-order valence-corrected chi connectivity index (χ3v) is 9.18. The Bertz CT molecular complexity index is 1750. The van der Waals surface area contributed by atoms with Gasteiger partial charge in [0.2, 0.25) is 29.5 Å².